The smallest absolute Gasteiger partial charge is 0.243 e. The minimum absolute atomic E-state index is 0.0532. The molecule has 0 aliphatic rings. The third-order valence-corrected chi connectivity index (χ3v) is 3.80. The maximum atomic E-state index is 12.5. The number of hydrogen-bond donors (Lipinski definition) is 6. The zero-order chi connectivity index (χ0) is 20.3. The van der Waals surface area contributed by atoms with E-state index < -0.39 is 29.9 Å². The van der Waals surface area contributed by atoms with Gasteiger partial charge >= 0.3 is 0 Å². The van der Waals surface area contributed by atoms with Crippen molar-refractivity contribution in [2.75, 3.05) is 6.54 Å². The highest BCUT2D eigenvalue weighted by Gasteiger charge is 2.27. The van der Waals surface area contributed by atoms with Gasteiger partial charge < -0.3 is 27.4 Å². The number of rotatable bonds is 12. The molecular weight excluding hydrogens is 336 g/mol. The van der Waals surface area contributed by atoms with Gasteiger partial charge in [-0.3, -0.25) is 19.8 Å². The zero-order valence-corrected chi connectivity index (χ0v) is 16.1. The molecule has 9 nitrogen and oxygen atoms in total. The Balaban J connectivity index is 4.76. The van der Waals surface area contributed by atoms with Gasteiger partial charge in [0, 0.05) is 6.54 Å². The number of nitrogens with one attached hydrogen (secondary N) is 4. The number of carbonyl (C=O) groups is 2. The second kappa shape index (κ2) is 12.2. The highest BCUT2D eigenvalue weighted by atomic mass is 16.2. The van der Waals surface area contributed by atoms with Crippen LogP contribution >= 0.6 is 0 Å². The summed E-state index contributed by atoms with van der Waals surface area (Å²) in [6.45, 7) is 7.94. The fourth-order valence-corrected chi connectivity index (χ4v) is 2.24. The molecule has 0 aromatic carbocycles. The van der Waals surface area contributed by atoms with Crippen LogP contribution in [-0.2, 0) is 14.4 Å². The molecule has 0 aromatic heterocycles. The van der Waals surface area contributed by atoms with E-state index in [1.165, 1.54) is 0 Å². The van der Waals surface area contributed by atoms with E-state index in [4.69, 9.17) is 16.9 Å². The molecule has 0 bridgehead atoms. The van der Waals surface area contributed by atoms with Crippen molar-refractivity contribution in [1.29, 1.82) is 5.41 Å². The lowest BCUT2D eigenvalue weighted by molar-refractivity contribution is -0.130. The Kier molecular flexibility index (Phi) is 11.2. The third kappa shape index (κ3) is 9.97. The molecule has 0 aromatic rings. The van der Waals surface area contributed by atoms with E-state index >= 15 is 0 Å². The van der Waals surface area contributed by atoms with Gasteiger partial charge in [0.05, 0.1) is 12.1 Å². The van der Waals surface area contributed by atoms with Gasteiger partial charge in [0.1, 0.15) is 6.04 Å². The molecule has 1 radical (unpaired) electrons. The van der Waals surface area contributed by atoms with Crippen molar-refractivity contribution in [1.82, 2.24) is 16.0 Å². The minimum Gasteiger partial charge on any atom is -0.370 e. The van der Waals surface area contributed by atoms with Crippen LogP contribution in [0.5, 0.6) is 0 Å². The molecule has 0 aliphatic carbocycles. The summed E-state index contributed by atoms with van der Waals surface area (Å²) in [4.78, 5) is 35.8. The highest BCUT2D eigenvalue weighted by Crippen LogP contribution is 2.07. The summed E-state index contributed by atoms with van der Waals surface area (Å²) in [7, 11) is 0. The molecule has 3 atom stereocenters. The minimum atomic E-state index is -0.790. The molecule has 0 spiro atoms. The van der Waals surface area contributed by atoms with Crippen LogP contribution in [0.1, 0.15) is 47.0 Å². The lowest BCUT2D eigenvalue weighted by Gasteiger charge is -2.24. The van der Waals surface area contributed by atoms with Gasteiger partial charge in [0.25, 0.3) is 0 Å². The largest absolute Gasteiger partial charge is 0.370 e. The van der Waals surface area contributed by atoms with Crippen LogP contribution in [0, 0.1) is 17.2 Å². The number of carbonyl (C=O) groups excluding carboxylic acids is 3. The van der Waals surface area contributed by atoms with E-state index in [9.17, 15) is 14.4 Å². The molecule has 8 N–H and O–H groups in total. The van der Waals surface area contributed by atoms with E-state index in [0.29, 0.717) is 25.8 Å². The van der Waals surface area contributed by atoms with Gasteiger partial charge in [-0.25, -0.2) is 0 Å². The Morgan fingerprint density at radius 2 is 1.73 bits per heavy atom. The van der Waals surface area contributed by atoms with Gasteiger partial charge in [-0.2, -0.15) is 0 Å². The second-order valence-corrected chi connectivity index (χ2v) is 7.12. The highest BCUT2D eigenvalue weighted by molar-refractivity contribution is 5.90. The predicted molar refractivity (Wildman–Crippen MR) is 101 cm³/mol. The fraction of sp³-hybridized carbons (Fsp3) is 0.765. The van der Waals surface area contributed by atoms with Crippen LogP contribution in [0.2, 0.25) is 0 Å². The van der Waals surface area contributed by atoms with Crippen molar-refractivity contribution in [3.8, 4) is 0 Å². The predicted octanol–water partition coefficient (Wildman–Crippen LogP) is -0.642. The summed E-state index contributed by atoms with van der Waals surface area (Å²) in [5, 5.41) is 15.0. The maximum Gasteiger partial charge on any atom is 0.243 e. The lowest BCUT2D eigenvalue weighted by atomic mass is 10.00. The van der Waals surface area contributed by atoms with Gasteiger partial charge in [-0.1, -0.05) is 27.7 Å². The number of guanidine groups is 1. The van der Waals surface area contributed by atoms with Crippen molar-refractivity contribution in [2.24, 2.45) is 23.3 Å². The first-order valence-electron chi connectivity index (χ1n) is 8.90. The van der Waals surface area contributed by atoms with Crippen molar-refractivity contribution in [3.63, 3.8) is 0 Å². The average molecular weight is 369 g/mol. The van der Waals surface area contributed by atoms with E-state index in [-0.39, 0.29) is 17.8 Å². The standard InChI is InChI=1S/C17H33N6O3/c1-10(2)8-13(23-16(26)14(18)11(3)4)15(25)22-12(9-24)6-5-7-21-17(19)20/h10-14H,5-8,18H2,1-4H3,(H,22,25)(H,23,26)(H4,19,20,21)/t12-,13-,14+/m0/s1. The molecule has 0 saturated heterocycles. The summed E-state index contributed by atoms with van der Waals surface area (Å²) in [6.07, 6.45) is 3.10. The topological polar surface area (TPSA) is 163 Å². The first kappa shape index (κ1) is 23.8. The second-order valence-electron chi connectivity index (χ2n) is 7.12. The van der Waals surface area contributed by atoms with Crippen molar-refractivity contribution < 1.29 is 14.4 Å². The Morgan fingerprint density at radius 3 is 2.19 bits per heavy atom. The van der Waals surface area contributed by atoms with Gasteiger partial charge in [0.2, 0.25) is 18.1 Å². The van der Waals surface area contributed by atoms with Crippen LogP contribution in [0.4, 0.5) is 0 Å². The first-order valence-corrected chi connectivity index (χ1v) is 8.90. The van der Waals surface area contributed by atoms with Crippen LogP contribution in [0.3, 0.4) is 0 Å². The summed E-state index contributed by atoms with van der Waals surface area (Å²) in [6, 6.07) is -2.26. The van der Waals surface area contributed by atoms with Crippen LogP contribution in [0.25, 0.3) is 0 Å². The molecule has 9 heteroatoms. The molecule has 2 amide bonds. The quantitative estimate of drug-likeness (QED) is 0.152. The van der Waals surface area contributed by atoms with Crippen LogP contribution < -0.4 is 27.4 Å². The molecule has 0 unspecified atom stereocenters. The first-order chi connectivity index (χ1) is 12.1. The molecule has 0 fully saturated rings. The monoisotopic (exact) mass is 369 g/mol. The van der Waals surface area contributed by atoms with Crippen LogP contribution in [-0.4, -0.2) is 48.7 Å². The Hall–Kier alpha value is -2.16. The summed E-state index contributed by atoms with van der Waals surface area (Å²) >= 11 is 0. The lowest BCUT2D eigenvalue weighted by Crippen LogP contribution is -2.54. The number of amides is 2. The summed E-state index contributed by atoms with van der Waals surface area (Å²) in [5.74, 6) is -0.863. The normalized spacial score (nSPS) is 14.4. The Morgan fingerprint density at radius 1 is 1.12 bits per heavy atom. The van der Waals surface area contributed by atoms with Crippen molar-refractivity contribution in [2.45, 2.75) is 65.1 Å². The Labute approximate surface area is 155 Å². The van der Waals surface area contributed by atoms with Crippen molar-refractivity contribution in [3.05, 3.63) is 0 Å². The Bertz CT molecular complexity index is 481. The molecule has 0 rings (SSSR count). The zero-order valence-electron chi connectivity index (χ0n) is 16.1. The number of nitrogens with two attached hydrogens (primary N) is 2. The molecule has 0 saturated carbocycles. The SMILES string of the molecule is CC(C)C[C@H](NC(=O)[C@H](N)C(C)C)C(=O)N[C@H]([C]=O)CCCNC(=N)N. The van der Waals surface area contributed by atoms with E-state index in [0.717, 1.165) is 0 Å². The fourth-order valence-electron chi connectivity index (χ4n) is 2.24. The van der Waals surface area contributed by atoms with E-state index in [1.54, 1.807) is 6.29 Å². The summed E-state index contributed by atoms with van der Waals surface area (Å²) < 4.78 is 0. The van der Waals surface area contributed by atoms with Crippen LogP contribution in [0.15, 0.2) is 0 Å². The molecule has 149 valence electrons. The van der Waals surface area contributed by atoms with Gasteiger partial charge in [0.15, 0.2) is 5.96 Å². The molecule has 26 heavy (non-hydrogen) atoms. The van der Waals surface area contributed by atoms with Gasteiger partial charge in [-0.05, 0) is 31.1 Å². The summed E-state index contributed by atoms with van der Waals surface area (Å²) in [5.41, 5.74) is 11.0. The molecule has 0 heterocycles. The molecule has 0 aliphatic heterocycles. The van der Waals surface area contributed by atoms with Crippen molar-refractivity contribution >= 4 is 24.1 Å². The van der Waals surface area contributed by atoms with Gasteiger partial charge in [-0.15, -0.1) is 0 Å². The van der Waals surface area contributed by atoms with E-state index in [2.05, 4.69) is 16.0 Å². The molecular formula is C17H33N6O3. The average Bonchev–Trinajstić information content (AvgIpc) is 2.55. The third-order valence-electron chi connectivity index (χ3n) is 3.80. The van der Waals surface area contributed by atoms with E-state index in [1.807, 2.05) is 27.7 Å². The maximum absolute atomic E-state index is 12.5. The number of hydrogen-bond acceptors (Lipinski definition) is 5.